The minimum atomic E-state index is -0.114. The number of hydrogen-bond donors (Lipinski definition) is 2. The highest BCUT2D eigenvalue weighted by molar-refractivity contribution is 5.98. The van der Waals surface area contributed by atoms with Crippen LogP contribution in [0.15, 0.2) is 18.3 Å². The Morgan fingerprint density at radius 2 is 2.31 bits per heavy atom. The predicted molar refractivity (Wildman–Crippen MR) is 98.2 cm³/mol. The van der Waals surface area contributed by atoms with Gasteiger partial charge in [-0.3, -0.25) is 9.89 Å². The molecule has 0 aliphatic carbocycles. The Morgan fingerprint density at radius 1 is 1.50 bits per heavy atom. The molecule has 1 saturated heterocycles. The number of pyridine rings is 1. The van der Waals surface area contributed by atoms with Gasteiger partial charge in [-0.05, 0) is 39.3 Å². The molecule has 8 nitrogen and oxygen atoms in total. The molecule has 1 aliphatic rings. The lowest BCUT2D eigenvalue weighted by atomic mass is 10.00. The van der Waals surface area contributed by atoms with Crippen molar-refractivity contribution in [1.82, 2.24) is 25.1 Å². The van der Waals surface area contributed by atoms with Crippen molar-refractivity contribution in [3.8, 4) is 0 Å². The average molecular weight is 358 g/mol. The van der Waals surface area contributed by atoms with E-state index in [1.807, 2.05) is 20.8 Å². The van der Waals surface area contributed by atoms with E-state index in [1.54, 1.807) is 30.3 Å². The molecule has 2 N–H and O–H groups in total. The van der Waals surface area contributed by atoms with Crippen LogP contribution in [0.4, 0.5) is 5.82 Å². The zero-order valence-electron chi connectivity index (χ0n) is 15.7. The molecule has 0 aromatic carbocycles. The number of H-pyrrole nitrogens is 1. The lowest BCUT2D eigenvalue weighted by molar-refractivity contribution is 0.0550. The quantitative estimate of drug-likeness (QED) is 0.820. The van der Waals surface area contributed by atoms with Gasteiger partial charge >= 0.3 is 0 Å². The number of rotatable bonds is 6. The standard InChI is InChI=1S/C18H26N6O2/c1-11(2)20-16-14(6-5-8-19-16)18(25)24(4)10-15-13(7-9-26-15)17-21-12(3)22-23-17/h5-6,8,11,13,15H,7,9-10H2,1-4H3,(H,19,20)(H,21,22,23)/t13-,15-/m1/s1. The second kappa shape index (κ2) is 7.82. The van der Waals surface area contributed by atoms with Crippen molar-refractivity contribution in [2.75, 3.05) is 25.5 Å². The summed E-state index contributed by atoms with van der Waals surface area (Å²) in [6, 6.07) is 3.76. The van der Waals surface area contributed by atoms with Crippen molar-refractivity contribution in [3.05, 3.63) is 35.5 Å². The molecule has 3 rings (SSSR count). The predicted octanol–water partition coefficient (Wildman–Crippen LogP) is 1.97. The summed E-state index contributed by atoms with van der Waals surface area (Å²) in [5.74, 6) is 2.16. The summed E-state index contributed by atoms with van der Waals surface area (Å²) >= 11 is 0. The Bertz CT molecular complexity index is 760. The van der Waals surface area contributed by atoms with Crippen LogP contribution >= 0.6 is 0 Å². The van der Waals surface area contributed by atoms with Gasteiger partial charge in [0.25, 0.3) is 5.91 Å². The molecule has 2 atom stereocenters. The molecule has 1 fully saturated rings. The van der Waals surface area contributed by atoms with Crippen LogP contribution in [-0.2, 0) is 4.74 Å². The van der Waals surface area contributed by atoms with Crippen molar-refractivity contribution in [2.24, 2.45) is 0 Å². The normalized spacial score (nSPS) is 19.7. The number of aromatic nitrogens is 4. The average Bonchev–Trinajstić information content (AvgIpc) is 3.22. The number of likely N-dealkylation sites (N-methyl/N-ethyl adjacent to an activating group) is 1. The first-order valence-corrected chi connectivity index (χ1v) is 8.93. The Morgan fingerprint density at radius 3 is 3.00 bits per heavy atom. The zero-order valence-corrected chi connectivity index (χ0v) is 15.7. The first kappa shape index (κ1) is 18.3. The van der Waals surface area contributed by atoms with E-state index in [4.69, 9.17) is 4.74 Å². The van der Waals surface area contributed by atoms with Gasteiger partial charge in [0, 0.05) is 32.4 Å². The SMILES string of the molecule is Cc1nc([C@@H]2CCO[C@@H]2CN(C)C(=O)c2cccnc2NC(C)C)n[nH]1. The number of ether oxygens (including phenoxy) is 1. The van der Waals surface area contributed by atoms with Crippen molar-refractivity contribution in [3.63, 3.8) is 0 Å². The number of carbonyl (C=O) groups excluding carboxylic acids is 1. The van der Waals surface area contributed by atoms with E-state index in [0.717, 1.165) is 18.1 Å². The fraction of sp³-hybridized carbons (Fsp3) is 0.556. The van der Waals surface area contributed by atoms with Crippen molar-refractivity contribution in [2.45, 2.75) is 45.3 Å². The lowest BCUT2D eigenvalue weighted by Crippen LogP contribution is -2.37. The third-order valence-electron chi connectivity index (χ3n) is 4.42. The van der Waals surface area contributed by atoms with Crippen molar-refractivity contribution < 1.29 is 9.53 Å². The smallest absolute Gasteiger partial charge is 0.257 e. The van der Waals surface area contributed by atoms with E-state index in [1.165, 1.54) is 0 Å². The molecule has 140 valence electrons. The summed E-state index contributed by atoms with van der Waals surface area (Å²) < 4.78 is 5.86. The van der Waals surface area contributed by atoms with Crippen LogP contribution < -0.4 is 5.32 Å². The highest BCUT2D eigenvalue weighted by Crippen LogP contribution is 2.30. The summed E-state index contributed by atoms with van der Waals surface area (Å²) in [4.78, 5) is 23.4. The summed E-state index contributed by atoms with van der Waals surface area (Å²) in [6.07, 6.45) is 2.43. The van der Waals surface area contributed by atoms with Crippen LogP contribution in [-0.4, -0.2) is 63.3 Å². The summed E-state index contributed by atoms with van der Waals surface area (Å²) in [5, 5.41) is 10.4. The second-order valence-corrected chi connectivity index (χ2v) is 6.97. The number of nitrogens with one attached hydrogen (secondary N) is 2. The molecule has 0 unspecified atom stereocenters. The molecule has 0 spiro atoms. The first-order chi connectivity index (χ1) is 12.5. The van der Waals surface area contributed by atoms with Crippen LogP contribution in [0.5, 0.6) is 0 Å². The van der Waals surface area contributed by atoms with Crippen LogP contribution in [0, 0.1) is 6.92 Å². The van der Waals surface area contributed by atoms with Gasteiger partial charge in [0.15, 0.2) is 5.82 Å². The van der Waals surface area contributed by atoms with Crippen LogP contribution in [0.3, 0.4) is 0 Å². The highest BCUT2D eigenvalue weighted by Gasteiger charge is 2.34. The Kier molecular flexibility index (Phi) is 5.51. The fourth-order valence-electron chi connectivity index (χ4n) is 3.17. The van der Waals surface area contributed by atoms with Gasteiger partial charge in [0.2, 0.25) is 0 Å². The maximum absolute atomic E-state index is 12.9. The molecular formula is C18H26N6O2. The number of aromatic amines is 1. The van der Waals surface area contributed by atoms with E-state index in [2.05, 4.69) is 25.5 Å². The number of carbonyl (C=O) groups is 1. The van der Waals surface area contributed by atoms with Gasteiger partial charge in [0.1, 0.15) is 11.6 Å². The third kappa shape index (κ3) is 4.01. The molecule has 0 saturated carbocycles. The number of hydrogen-bond acceptors (Lipinski definition) is 6. The molecule has 26 heavy (non-hydrogen) atoms. The summed E-state index contributed by atoms with van der Waals surface area (Å²) in [5.41, 5.74) is 0.562. The van der Waals surface area contributed by atoms with E-state index in [9.17, 15) is 4.79 Å². The number of anilines is 1. The van der Waals surface area contributed by atoms with E-state index in [-0.39, 0.29) is 24.0 Å². The van der Waals surface area contributed by atoms with Gasteiger partial charge in [-0.1, -0.05) is 0 Å². The maximum atomic E-state index is 12.9. The monoisotopic (exact) mass is 358 g/mol. The molecule has 0 radical (unpaired) electrons. The van der Waals surface area contributed by atoms with Crippen LogP contribution in [0.25, 0.3) is 0 Å². The maximum Gasteiger partial charge on any atom is 0.257 e. The molecular weight excluding hydrogens is 332 g/mol. The zero-order chi connectivity index (χ0) is 18.7. The summed E-state index contributed by atoms with van der Waals surface area (Å²) in [7, 11) is 1.79. The first-order valence-electron chi connectivity index (χ1n) is 8.93. The summed E-state index contributed by atoms with van der Waals surface area (Å²) in [6.45, 7) is 7.04. The van der Waals surface area contributed by atoms with Gasteiger partial charge in [-0.25, -0.2) is 9.97 Å². The molecule has 2 aromatic heterocycles. The molecule has 8 heteroatoms. The topological polar surface area (TPSA) is 96.0 Å². The van der Waals surface area contributed by atoms with Crippen molar-refractivity contribution in [1.29, 1.82) is 0 Å². The van der Waals surface area contributed by atoms with Crippen LogP contribution in [0.1, 0.15) is 48.2 Å². The Labute approximate surface area is 153 Å². The Hall–Kier alpha value is -2.48. The fourth-order valence-corrected chi connectivity index (χ4v) is 3.17. The van der Waals surface area contributed by atoms with Gasteiger partial charge in [0.05, 0.1) is 17.6 Å². The molecule has 2 aromatic rings. The van der Waals surface area contributed by atoms with Gasteiger partial charge < -0.3 is 15.0 Å². The van der Waals surface area contributed by atoms with Crippen LogP contribution in [0.2, 0.25) is 0 Å². The number of amides is 1. The molecule has 3 heterocycles. The third-order valence-corrected chi connectivity index (χ3v) is 4.42. The van der Waals surface area contributed by atoms with Gasteiger partial charge in [-0.15, -0.1) is 0 Å². The minimum Gasteiger partial charge on any atom is -0.376 e. The molecule has 1 aliphatic heterocycles. The minimum absolute atomic E-state index is 0.0818. The number of aryl methyl sites for hydroxylation is 1. The highest BCUT2D eigenvalue weighted by atomic mass is 16.5. The number of nitrogens with zero attached hydrogens (tertiary/aromatic N) is 4. The molecule has 0 bridgehead atoms. The van der Waals surface area contributed by atoms with E-state index in [0.29, 0.717) is 24.5 Å². The second-order valence-electron chi connectivity index (χ2n) is 6.97. The van der Waals surface area contributed by atoms with E-state index < -0.39 is 0 Å². The van der Waals surface area contributed by atoms with Gasteiger partial charge in [-0.2, -0.15) is 5.10 Å². The molecule has 1 amide bonds. The van der Waals surface area contributed by atoms with E-state index >= 15 is 0 Å². The lowest BCUT2D eigenvalue weighted by Gasteiger charge is -2.24. The van der Waals surface area contributed by atoms with Crippen molar-refractivity contribution >= 4 is 11.7 Å². The Balaban J connectivity index is 1.71. The largest absolute Gasteiger partial charge is 0.376 e.